The highest BCUT2D eigenvalue weighted by Crippen LogP contribution is 2.41. The number of rotatable bonds is 3. The third kappa shape index (κ3) is 4.13. The minimum atomic E-state index is 0.650. The van der Waals surface area contributed by atoms with E-state index in [0.717, 1.165) is 38.9 Å². The topological polar surface area (TPSA) is 35.6 Å². The van der Waals surface area contributed by atoms with Crippen LogP contribution in [-0.4, -0.2) is 19.1 Å². The summed E-state index contributed by atoms with van der Waals surface area (Å²) in [5, 5.41) is 13.1. The van der Waals surface area contributed by atoms with E-state index < -0.39 is 0 Å². The van der Waals surface area contributed by atoms with Gasteiger partial charge in [-0.05, 0) is 63.3 Å². The summed E-state index contributed by atoms with van der Waals surface area (Å²) >= 11 is 0. The molecule has 9 aromatic carbocycles. The van der Waals surface area contributed by atoms with Crippen LogP contribution in [0.2, 0.25) is 0 Å². The molecule has 12 aromatic rings. The highest BCUT2D eigenvalue weighted by molar-refractivity contribution is 6.22. The van der Waals surface area contributed by atoms with E-state index in [9.17, 15) is 0 Å². The van der Waals surface area contributed by atoms with E-state index in [0.29, 0.717) is 5.95 Å². The Bertz CT molecular complexity index is 3510. The maximum absolute atomic E-state index is 5.48. The lowest BCUT2D eigenvalue weighted by Crippen LogP contribution is -2.04. The molecule has 3 heterocycles. The Morgan fingerprint density at radius 1 is 0.352 bits per heavy atom. The maximum atomic E-state index is 5.48. The second kappa shape index (κ2) is 11.1. The van der Waals surface area contributed by atoms with Crippen molar-refractivity contribution >= 4 is 86.8 Å². The first kappa shape index (κ1) is 29.3. The third-order valence-electron chi connectivity index (χ3n) is 11.3. The quantitative estimate of drug-likeness (QED) is 0.185. The van der Waals surface area contributed by atoms with Gasteiger partial charge in [-0.15, -0.1) is 0 Å². The molecule has 0 fully saturated rings. The molecule has 4 heteroatoms. The van der Waals surface area contributed by atoms with Gasteiger partial charge in [0.2, 0.25) is 5.95 Å². The summed E-state index contributed by atoms with van der Waals surface area (Å²) in [6.07, 6.45) is 0. The molecule has 0 bridgehead atoms. The Labute approximate surface area is 309 Å². The number of hydrogen-bond donors (Lipinski definition) is 0. The lowest BCUT2D eigenvalue weighted by Gasteiger charge is -2.13. The van der Waals surface area contributed by atoms with Crippen molar-refractivity contribution in [2.75, 3.05) is 0 Å². The smallest absolute Gasteiger partial charge is 0.235 e. The summed E-state index contributed by atoms with van der Waals surface area (Å²) < 4.78 is 4.72. The number of hydrogen-bond acceptors (Lipinski definition) is 2. The molecule has 0 aliphatic rings. The molecular weight excluding hydrogens is 657 g/mol. The van der Waals surface area contributed by atoms with Gasteiger partial charge < -0.3 is 4.57 Å². The van der Waals surface area contributed by atoms with Gasteiger partial charge in [0.15, 0.2) is 0 Å². The lowest BCUT2D eigenvalue weighted by molar-refractivity contribution is 1.01. The zero-order chi connectivity index (χ0) is 35.3. The lowest BCUT2D eigenvalue weighted by atomic mass is 10.0. The highest BCUT2D eigenvalue weighted by Gasteiger charge is 2.21. The Morgan fingerprint density at radius 3 is 1.87 bits per heavy atom. The molecule has 0 unspecified atom stereocenters. The number of benzene rings is 9. The number of nitrogens with zero attached hydrogens (tertiary/aromatic N) is 4. The van der Waals surface area contributed by atoms with Gasteiger partial charge >= 0.3 is 0 Å². The molecule has 4 nitrogen and oxygen atoms in total. The molecule has 12 rings (SSSR count). The second-order valence-corrected chi connectivity index (χ2v) is 14.2. The van der Waals surface area contributed by atoms with Gasteiger partial charge in [-0.3, -0.25) is 4.57 Å². The Morgan fingerprint density at radius 2 is 1.00 bits per heavy atom. The maximum Gasteiger partial charge on any atom is 0.235 e. The van der Waals surface area contributed by atoms with Gasteiger partial charge in [-0.25, -0.2) is 9.97 Å². The van der Waals surface area contributed by atoms with E-state index in [-0.39, 0.29) is 0 Å². The Kier molecular flexibility index (Phi) is 6.02. The molecule has 0 saturated heterocycles. The molecule has 0 radical (unpaired) electrons. The molecule has 0 aliphatic carbocycles. The molecule has 0 atom stereocenters. The fraction of sp³-hybridized carbons (Fsp3) is 0. The molecule has 3 aromatic heterocycles. The summed E-state index contributed by atoms with van der Waals surface area (Å²) in [5.41, 5.74) is 8.51. The number of para-hydroxylation sites is 2. The standard InChI is InChI=1S/C50H30N4/c1-2-14-34-29-35(22-21-31(34)11-1)48-41-18-7-9-19-43(41)51-50(52-48)54-45-28-24-32-12-3-5-15-37(32)47(45)42-27-25-36(30-46(42)54)53-44-20-10-8-17-39(44)40-26-23-33-13-4-6-16-38(33)49(40)53/h1-30H. The molecular formula is C50H30N4. The Balaban J connectivity index is 1.21. The minimum Gasteiger partial charge on any atom is -0.309 e. The van der Waals surface area contributed by atoms with Crippen LogP contribution < -0.4 is 0 Å². The van der Waals surface area contributed by atoms with Gasteiger partial charge in [-0.1, -0.05) is 146 Å². The predicted molar refractivity (Wildman–Crippen MR) is 226 cm³/mol. The molecule has 0 saturated carbocycles. The third-order valence-corrected chi connectivity index (χ3v) is 11.3. The van der Waals surface area contributed by atoms with E-state index in [2.05, 4.69) is 191 Å². The van der Waals surface area contributed by atoms with E-state index in [1.807, 2.05) is 0 Å². The average Bonchev–Trinajstić information content (AvgIpc) is 3.76. The van der Waals surface area contributed by atoms with Crippen molar-refractivity contribution in [1.29, 1.82) is 0 Å². The van der Waals surface area contributed by atoms with Crippen LogP contribution in [0.1, 0.15) is 0 Å². The van der Waals surface area contributed by atoms with Crippen LogP contribution in [0.15, 0.2) is 182 Å². The molecule has 54 heavy (non-hydrogen) atoms. The van der Waals surface area contributed by atoms with Crippen molar-refractivity contribution in [3.8, 4) is 22.9 Å². The normalized spacial score (nSPS) is 12.1. The van der Waals surface area contributed by atoms with Gasteiger partial charge in [0.05, 0.1) is 33.3 Å². The van der Waals surface area contributed by atoms with Crippen molar-refractivity contribution in [1.82, 2.24) is 19.1 Å². The summed E-state index contributed by atoms with van der Waals surface area (Å²) in [6, 6.07) is 65.5. The van der Waals surface area contributed by atoms with E-state index in [1.54, 1.807) is 0 Å². The summed E-state index contributed by atoms with van der Waals surface area (Å²) in [7, 11) is 0. The van der Waals surface area contributed by atoms with Crippen LogP contribution in [0.4, 0.5) is 0 Å². The SMILES string of the molecule is c1ccc2cc(-c3nc(-n4c5cc(-n6c7ccccc7c7ccc8ccccc8c76)ccc5c5c6ccccc6ccc54)nc4ccccc34)ccc2c1. The van der Waals surface area contributed by atoms with Crippen LogP contribution in [0, 0.1) is 0 Å². The molecule has 0 aliphatic heterocycles. The van der Waals surface area contributed by atoms with Crippen LogP contribution in [0.3, 0.4) is 0 Å². The zero-order valence-electron chi connectivity index (χ0n) is 29.1. The minimum absolute atomic E-state index is 0.650. The van der Waals surface area contributed by atoms with Crippen LogP contribution in [0.25, 0.3) is 110 Å². The monoisotopic (exact) mass is 686 g/mol. The van der Waals surface area contributed by atoms with Crippen LogP contribution >= 0.6 is 0 Å². The summed E-state index contributed by atoms with van der Waals surface area (Å²) in [4.78, 5) is 10.8. The zero-order valence-corrected chi connectivity index (χ0v) is 29.1. The molecule has 0 spiro atoms. The largest absolute Gasteiger partial charge is 0.309 e. The average molecular weight is 687 g/mol. The fourth-order valence-electron chi connectivity index (χ4n) is 8.85. The van der Waals surface area contributed by atoms with Crippen LogP contribution in [0.5, 0.6) is 0 Å². The van der Waals surface area contributed by atoms with Gasteiger partial charge in [0, 0.05) is 43.6 Å². The molecule has 250 valence electrons. The summed E-state index contributed by atoms with van der Waals surface area (Å²) in [6.45, 7) is 0. The fourth-order valence-corrected chi connectivity index (χ4v) is 8.85. The van der Waals surface area contributed by atoms with Crippen molar-refractivity contribution in [2.45, 2.75) is 0 Å². The molecule has 0 amide bonds. The number of aromatic nitrogens is 4. The van der Waals surface area contributed by atoms with Crippen molar-refractivity contribution in [2.24, 2.45) is 0 Å². The van der Waals surface area contributed by atoms with Gasteiger partial charge in [0.1, 0.15) is 0 Å². The number of fused-ring (bicyclic) bond motifs is 12. The predicted octanol–water partition coefficient (Wildman–Crippen LogP) is 13.0. The van der Waals surface area contributed by atoms with Crippen molar-refractivity contribution < 1.29 is 0 Å². The second-order valence-electron chi connectivity index (χ2n) is 14.2. The first-order valence-corrected chi connectivity index (χ1v) is 18.4. The van der Waals surface area contributed by atoms with E-state index in [4.69, 9.17) is 9.97 Å². The molecule has 0 N–H and O–H groups in total. The van der Waals surface area contributed by atoms with Crippen LogP contribution in [-0.2, 0) is 0 Å². The summed E-state index contributed by atoms with van der Waals surface area (Å²) in [5.74, 6) is 0.650. The van der Waals surface area contributed by atoms with E-state index in [1.165, 1.54) is 64.9 Å². The highest BCUT2D eigenvalue weighted by atomic mass is 15.2. The van der Waals surface area contributed by atoms with Crippen molar-refractivity contribution in [3.05, 3.63) is 182 Å². The first-order chi connectivity index (χ1) is 26.8. The van der Waals surface area contributed by atoms with E-state index >= 15 is 0 Å². The van der Waals surface area contributed by atoms with Crippen molar-refractivity contribution in [3.63, 3.8) is 0 Å². The Hall–Kier alpha value is -7.30. The first-order valence-electron chi connectivity index (χ1n) is 18.4. The van der Waals surface area contributed by atoms with Gasteiger partial charge in [-0.2, -0.15) is 0 Å². The van der Waals surface area contributed by atoms with Gasteiger partial charge in [0.25, 0.3) is 0 Å².